The quantitative estimate of drug-likeness (QED) is 0.871. The highest BCUT2D eigenvalue weighted by Crippen LogP contribution is 2.21. The summed E-state index contributed by atoms with van der Waals surface area (Å²) in [4.78, 5) is 12.1. The van der Waals surface area contributed by atoms with E-state index in [2.05, 4.69) is 5.32 Å². The number of sulfonamides is 1. The number of amides is 1. The van der Waals surface area contributed by atoms with Gasteiger partial charge in [-0.3, -0.25) is 9.10 Å². The van der Waals surface area contributed by atoms with Crippen molar-refractivity contribution in [2.45, 2.75) is 39.3 Å². The Morgan fingerprint density at radius 2 is 1.81 bits per heavy atom. The highest BCUT2D eigenvalue weighted by Gasteiger charge is 2.29. The molecule has 1 aromatic rings. The van der Waals surface area contributed by atoms with Crippen molar-refractivity contribution in [2.75, 3.05) is 10.6 Å². The Kier molecular flexibility index (Phi) is 5.71. The van der Waals surface area contributed by atoms with Crippen LogP contribution in [-0.4, -0.2) is 32.7 Å². The zero-order chi connectivity index (χ0) is 16.2. The molecule has 118 valence electrons. The second-order valence-corrected chi connectivity index (χ2v) is 6.89. The summed E-state index contributed by atoms with van der Waals surface area (Å²) in [5.74, 6) is -0.858. The van der Waals surface area contributed by atoms with Gasteiger partial charge in [0.15, 0.2) is 0 Å². The maximum absolute atomic E-state index is 13.0. The Hall–Kier alpha value is -1.63. The van der Waals surface area contributed by atoms with E-state index in [0.717, 1.165) is 29.1 Å². The van der Waals surface area contributed by atoms with Crippen molar-refractivity contribution in [3.05, 3.63) is 30.1 Å². The van der Waals surface area contributed by atoms with Crippen LogP contribution < -0.4 is 9.62 Å². The maximum Gasteiger partial charge on any atom is 0.243 e. The zero-order valence-electron chi connectivity index (χ0n) is 12.6. The van der Waals surface area contributed by atoms with E-state index in [1.54, 1.807) is 0 Å². The summed E-state index contributed by atoms with van der Waals surface area (Å²) in [6, 6.07) is 4.03. The number of rotatable bonds is 6. The topological polar surface area (TPSA) is 66.5 Å². The molecule has 21 heavy (non-hydrogen) atoms. The standard InChI is InChI=1S/C14H21FN2O3S/c1-5-10(2)16-14(18)11(3)17(21(4,19)20)13-8-6-12(15)7-9-13/h6-11H,5H2,1-4H3,(H,16,18)/t10-,11+/m0/s1. The summed E-state index contributed by atoms with van der Waals surface area (Å²) in [7, 11) is -3.67. The Balaban J connectivity index is 3.09. The molecule has 0 aromatic heterocycles. The minimum atomic E-state index is -3.67. The monoisotopic (exact) mass is 316 g/mol. The van der Waals surface area contributed by atoms with E-state index in [4.69, 9.17) is 0 Å². The van der Waals surface area contributed by atoms with Crippen LogP contribution in [0.25, 0.3) is 0 Å². The lowest BCUT2D eigenvalue weighted by Crippen LogP contribution is -2.49. The normalized spacial score (nSPS) is 14.3. The van der Waals surface area contributed by atoms with Crippen molar-refractivity contribution in [3.63, 3.8) is 0 Å². The van der Waals surface area contributed by atoms with Gasteiger partial charge in [0, 0.05) is 6.04 Å². The van der Waals surface area contributed by atoms with Gasteiger partial charge in [-0.25, -0.2) is 12.8 Å². The van der Waals surface area contributed by atoms with Gasteiger partial charge in [-0.15, -0.1) is 0 Å². The van der Waals surface area contributed by atoms with Gasteiger partial charge >= 0.3 is 0 Å². The lowest BCUT2D eigenvalue weighted by atomic mass is 10.2. The van der Waals surface area contributed by atoms with Crippen molar-refractivity contribution < 1.29 is 17.6 Å². The van der Waals surface area contributed by atoms with E-state index in [1.165, 1.54) is 19.1 Å². The van der Waals surface area contributed by atoms with Crippen LogP contribution in [-0.2, 0) is 14.8 Å². The summed E-state index contributed by atoms with van der Waals surface area (Å²) in [5.41, 5.74) is 0.255. The number of halogens is 1. The molecule has 0 bridgehead atoms. The third kappa shape index (κ3) is 4.70. The third-order valence-electron chi connectivity index (χ3n) is 3.17. The molecule has 0 unspecified atom stereocenters. The molecule has 0 saturated heterocycles. The molecule has 0 heterocycles. The fourth-order valence-corrected chi connectivity index (χ4v) is 3.04. The lowest BCUT2D eigenvalue weighted by Gasteiger charge is -2.29. The number of nitrogens with one attached hydrogen (secondary N) is 1. The van der Waals surface area contributed by atoms with Crippen LogP contribution >= 0.6 is 0 Å². The van der Waals surface area contributed by atoms with Crippen LogP contribution in [0.1, 0.15) is 27.2 Å². The van der Waals surface area contributed by atoms with Crippen molar-refractivity contribution >= 4 is 21.6 Å². The number of carbonyl (C=O) groups is 1. The Labute approximate surface area is 125 Å². The largest absolute Gasteiger partial charge is 0.352 e. The maximum atomic E-state index is 13.0. The molecule has 5 nitrogen and oxygen atoms in total. The minimum Gasteiger partial charge on any atom is -0.352 e. The zero-order valence-corrected chi connectivity index (χ0v) is 13.4. The average molecular weight is 316 g/mol. The van der Waals surface area contributed by atoms with E-state index in [1.807, 2.05) is 13.8 Å². The van der Waals surface area contributed by atoms with Crippen LogP contribution in [0.5, 0.6) is 0 Å². The smallest absolute Gasteiger partial charge is 0.243 e. The first-order chi connectivity index (χ1) is 9.66. The van der Waals surface area contributed by atoms with Crippen LogP contribution in [0.4, 0.5) is 10.1 Å². The number of hydrogen-bond donors (Lipinski definition) is 1. The predicted octanol–water partition coefficient (Wildman–Crippen LogP) is 1.89. The SMILES string of the molecule is CC[C@H](C)NC(=O)[C@@H](C)N(c1ccc(F)cc1)S(C)(=O)=O. The molecule has 0 aliphatic carbocycles. The second kappa shape index (κ2) is 6.89. The molecular formula is C14H21FN2O3S. The van der Waals surface area contributed by atoms with Gasteiger partial charge in [0.1, 0.15) is 11.9 Å². The average Bonchev–Trinajstić information content (AvgIpc) is 2.39. The van der Waals surface area contributed by atoms with Crippen molar-refractivity contribution in [1.82, 2.24) is 5.32 Å². The van der Waals surface area contributed by atoms with Gasteiger partial charge in [-0.1, -0.05) is 6.92 Å². The molecule has 0 radical (unpaired) electrons. The highest BCUT2D eigenvalue weighted by atomic mass is 32.2. The minimum absolute atomic E-state index is 0.0467. The summed E-state index contributed by atoms with van der Waals surface area (Å²) in [5, 5.41) is 2.74. The number of nitrogens with zero attached hydrogens (tertiary/aromatic N) is 1. The van der Waals surface area contributed by atoms with E-state index < -0.39 is 21.9 Å². The molecule has 2 atom stereocenters. The molecular weight excluding hydrogens is 295 g/mol. The first-order valence-electron chi connectivity index (χ1n) is 6.72. The van der Waals surface area contributed by atoms with Crippen LogP contribution in [0.15, 0.2) is 24.3 Å². The molecule has 1 rings (SSSR count). The lowest BCUT2D eigenvalue weighted by molar-refractivity contribution is -0.122. The molecule has 0 saturated carbocycles. The highest BCUT2D eigenvalue weighted by molar-refractivity contribution is 7.92. The van der Waals surface area contributed by atoms with Gasteiger partial charge in [0.2, 0.25) is 15.9 Å². The fourth-order valence-electron chi connectivity index (χ4n) is 1.86. The molecule has 1 N–H and O–H groups in total. The van der Waals surface area contributed by atoms with Crippen molar-refractivity contribution in [2.24, 2.45) is 0 Å². The molecule has 1 aromatic carbocycles. The van der Waals surface area contributed by atoms with E-state index in [-0.39, 0.29) is 17.6 Å². The van der Waals surface area contributed by atoms with Gasteiger partial charge < -0.3 is 5.32 Å². The molecule has 0 fully saturated rings. The summed E-state index contributed by atoms with van der Waals surface area (Å²) in [6.45, 7) is 5.26. The van der Waals surface area contributed by atoms with Gasteiger partial charge in [0.05, 0.1) is 11.9 Å². The number of carbonyl (C=O) groups excluding carboxylic acids is 1. The molecule has 0 spiro atoms. The fraction of sp³-hybridized carbons (Fsp3) is 0.500. The number of hydrogen-bond acceptors (Lipinski definition) is 3. The first-order valence-corrected chi connectivity index (χ1v) is 8.57. The van der Waals surface area contributed by atoms with E-state index >= 15 is 0 Å². The van der Waals surface area contributed by atoms with Gasteiger partial charge in [0.25, 0.3) is 0 Å². The summed E-state index contributed by atoms with van der Waals surface area (Å²) < 4.78 is 37.9. The second-order valence-electron chi connectivity index (χ2n) is 5.03. The molecule has 7 heteroatoms. The van der Waals surface area contributed by atoms with Crippen LogP contribution in [0.3, 0.4) is 0 Å². The number of benzene rings is 1. The Morgan fingerprint density at radius 1 is 1.29 bits per heavy atom. The summed E-state index contributed by atoms with van der Waals surface area (Å²) >= 11 is 0. The van der Waals surface area contributed by atoms with E-state index in [9.17, 15) is 17.6 Å². The van der Waals surface area contributed by atoms with E-state index in [0.29, 0.717) is 0 Å². The predicted molar refractivity (Wildman–Crippen MR) is 81.1 cm³/mol. The molecule has 0 aliphatic heterocycles. The van der Waals surface area contributed by atoms with Gasteiger partial charge in [-0.05, 0) is 44.5 Å². The summed E-state index contributed by atoms with van der Waals surface area (Å²) in [6.07, 6.45) is 1.76. The molecule has 1 amide bonds. The van der Waals surface area contributed by atoms with Gasteiger partial charge in [-0.2, -0.15) is 0 Å². The Bertz CT molecular complexity index is 587. The third-order valence-corrected chi connectivity index (χ3v) is 4.41. The molecule has 0 aliphatic rings. The van der Waals surface area contributed by atoms with Crippen LogP contribution in [0, 0.1) is 5.82 Å². The van der Waals surface area contributed by atoms with Crippen molar-refractivity contribution in [3.8, 4) is 0 Å². The Morgan fingerprint density at radius 3 is 2.24 bits per heavy atom. The van der Waals surface area contributed by atoms with Crippen molar-refractivity contribution in [1.29, 1.82) is 0 Å². The first kappa shape index (κ1) is 17.4. The van der Waals surface area contributed by atoms with Crippen LogP contribution in [0.2, 0.25) is 0 Å². The number of anilines is 1.